The molecular weight excluding hydrogens is 372 g/mol. The van der Waals surface area contributed by atoms with Gasteiger partial charge in [-0.15, -0.1) is 11.3 Å². The molecule has 2 bridgehead atoms. The normalized spacial score (nSPS) is 23.9. The number of nitrogens with zero attached hydrogens (tertiary/aromatic N) is 2. The zero-order chi connectivity index (χ0) is 19.5. The molecule has 2 aliphatic rings. The number of thiazole rings is 1. The number of aromatic nitrogens is 1. The number of amides is 1. The number of carbonyl (C=O) groups excluding carboxylic acids is 2. The van der Waals surface area contributed by atoms with E-state index in [1.54, 1.807) is 0 Å². The van der Waals surface area contributed by atoms with Gasteiger partial charge in [0.05, 0.1) is 0 Å². The first-order valence-corrected chi connectivity index (χ1v) is 10.9. The zero-order valence-corrected chi connectivity index (χ0v) is 17.0. The first-order valence-electron chi connectivity index (χ1n) is 9.99. The molecule has 2 aliphatic carbocycles. The summed E-state index contributed by atoms with van der Waals surface area (Å²) in [5.74, 6) is 1.26. The van der Waals surface area contributed by atoms with E-state index in [1.165, 1.54) is 36.2 Å². The maximum atomic E-state index is 12.2. The molecule has 148 valence electrons. The molecule has 5 nitrogen and oxygen atoms in total. The molecule has 1 amide bonds. The molecule has 28 heavy (non-hydrogen) atoms. The fourth-order valence-corrected chi connectivity index (χ4v) is 5.32. The molecular formula is C22H26N2O3S. The standard InChI is InChI=1S/C22H26N2O3S/c1-15-2-4-16(5-3-15)13-24-8-9-28-22(24)23-20(25)14-27-21(26)12-19-11-17-6-7-18(19)10-17/h2-5,8-9,17-19H,6-7,10-14H2,1H3/t17-,18+,19-/m0/s1. The molecule has 0 aliphatic heterocycles. The van der Waals surface area contributed by atoms with Gasteiger partial charge < -0.3 is 9.30 Å². The van der Waals surface area contributed by atoms with Gasteiger partial charge in [0.1, 0.15) is 0 Å². The fourth-order valence-electron chi connectivity index (χ4n) is 4.58. The van der Waals surface area contributed by atoms with Crippen molar-refractivity contribution in [1.82, 2.24) is 4.57 Å². The van der Waals surface area contributed by atoms with Crippen molar-refractivity contribution in [3.8, 4) is 0 Å². The van der Waals surface area contributed by atoms with Crippen molar-refractivity contribution >= 4 is 23.2 Å². The van der Waals surface area contributed by atoms with Gasteiger partial charge in [0.15, 0.2) is 11.4 Å². The molecule has 1 aromatic heterocycles. The smallest absolute Gasteiger partial charge is 0.306 e. The highest BCUT2D eigenvalue weighted by atomic mass is 32.1. The predicted octanol–water partition coefficient (Wildman–Crippen LogP) is 3.70. The second kappa shape index (κ2) is 8.43. The Hall–Kier alpha value is -2.21. The lowest BCUT2D eigenvalue weighted by Crippen LogP contribution is -2.21. The highest BCUT2D eigenvalue weighted by Crippen LogP contribution is 2.49. The summed E-state index contributed by atoms with van der Waals surface area (Å²) in [6.45, 7) is 2.43. The molecule has 4 rings (SSSR count). The average Bonchev–Trinajstić information content (AvgIpc) is 3.40. The Kier molecular flexibility index (Phi) is 5.76. The summed E-state index contributed by atoms with van der Waals surface area (Å²) in [5.41, 5.74) is 2.36. The van der Waals surface area contributed by atoms with E-state index in [-0.39, 0.29) is 12.6 Å². The fraction of sp³-hybridized carbons (Fsp3) is 0.500. The van der Waals surface area contributed by atoms with Crippen LogP contribution in [0, 0.1) is 24.7 Å². The van der Waals surface area contributed by atoms with Crippen LogP contribution in [0.25, 0.3) is 0 Å². The van der Waals surface area contributed by atoms with Crippen LogP contribution in [0.2, 0.25) is 0 Å². The number of esters is 1. The Morgan fingerprint density at radius 2 is 2.04 bits per heavy atom. The van der Waals surface area contributed by atoms with Crippen molar-refractivity contribution in [2.24, 2.45) is 22.7 Å². The lowest BCUT2D eigenvalue weighted by atomic mass is 9.86. The minimum Gasteiger partial charge on any atom is -0.455 e. The molecule has 0 unspecified atom stereocenters. The molecule has 0 N–H and O–H groups in total. The Morgan fingerprint density at radius 3 is 2.75 bits per heavy atom. The van der Waals surface area contributed by atoms with Gasteiger partial charge in [-0.25, -0.2) is 0 Å². The summed E-state index contributed by atoms with van der Waals surface area (Å²) < 4.78 is 7.14. The van der Waals surface area contributed by atoms with Crippen molar-refractivity contribution in [3.63, 3.8) is 0 Å². The van der Waals surface area contributed by atoms with E-state index in [9.17, 15) is 9.59 Å². The minimum absolute atomic E-state index is 0.264. The van der Waals surface area contributed by atoms with Crippen LogP contribution in [-0.2, 0) is 20.9 Å². The van der Waals surface area contributed by atoms with E-state index in [2.05, 4.69) is 36.2 Å². The number of benzene rings is 1. The summed E-state index contributed by atoms with van der Waals surface area (Å²) in [5, 5.41) is 1.90. The first kappa shape index (κ1) is 19.1. The van der Waals surface area contributed by atoms with Gasteiger partial charge in [-0.2, -0.15) is 4.99 Å². The van der Waals surface area contributed by atoms with Crippen molar-refractivity contribution in [1.29, 1.82) is 0 Å². The monoisotopic (exact) mass is 398 g/mol. The van der Waals surface area contributed by atoms with Crippen LogP contribution in [0.3, 0.4) is 0 Å². The predicted molar refractivity (Wildman–Crippen MR) is 108 cm³/mol. The number of hydrogen-bond acceptors (Lipinski definition) is 4. The summed E-state index contributed by atoms with van der Waals surface area (Å²) in [6, 6.07) is 8.28. The number of hydrogen-bond donors (Lipinski definition) is 0. The average molecular weight is 399 g/mol. The van der Waals surface area contributed by atoms with Crippen molar-refractivity contribution in [3.05, 3.63) is 51.8 Å². The second-order valence-corrected chi connectivity index (χ2v) is 8.98. The number of rotatable bonds is 6. The van der Waals surface area contributed by atoms with Crippen LogP contribution in [0.1, 0.15) is 43.2 Å². The molecule has 0 saturated heterocycles. The van der Waals surface area contributed by atoms with Gasteiger partial charge in [0.2, 0.25) is 0 Å². The van der Waals surface area contributed by atoms with E-state index < -0.39 is 5.91 Å². The third-order valence-electron chi connectivity index (χ3n) is 6.02. The maximum absolute atomic E-state index is 12.2. The SMILES string of the molecule is Cc1ccc(Cn2ccsc2=NC(=O)COC(=O)C[C@@H]2C[C@H]3CC[C@@H]2C3)cc1. The molecule has 3 atom stereocenters. The van der Waals surface area contributed by atoms with Crippen molar-refractivity contribution in [2.75, 3.05) is 6.61 Å². The van der Waals surface area contributed by atoms with E-state index in [0.29, 0.717) is 29.6 Å². The Bertz CT molecular complexity index is 912. The van der Waals surface area contributed by atoms with Crippen LogP contribution in [0.4, 0.5) is 0 Å². The molecule has 2 saturated carbocycles. The third kappa shape index (κ3) is 4.61. The topological polar surface area (TPSA) is 60.7 Å². The minimum atomic E-state index is -0.415. The molecule has 2 fully saturated rings. The van der Waals surface area contributed by atoms with Crippen molar-refractivity contribution < 1.29 is 14.3 Å². The van der Waals surface area contributed by atoms with Crippen LogP contribution < -0.4 is 4.80 Å². The lowest BCUT2D eigenvalue weighted by molar-refractivity contribution is -0.149. The first-order chi connectivity index (χ1) is 13.6. The van der Waals surface area contributed by atoms with E-state index >= 15 is 0 Å². The van der Waals surface area contributed by atoms with Gasteiger partial charge in [-0.1, -0.05) is 36.2 Å². The number of ether oxygens (including phenoxy) is 1. The molecule has 1 aromatic carbocycles. The van der Waals surface area contributed by atoms with Crippen LogP contribution in [0.15, 0.2) is 40.8 Å². The van der Waals surface area contributed by atoms with Crippen molar-refractivity contribution in [2.45, 2.75) is 45.6 Å². The van der Waals surface area contributed by atoms with Crippen LogP contribution in [-0.4, -0.2) is 23.1 Å². The maximum Gasteiger partial charge on any atom is 0.306 e. The quantitative estimate of drug-likeness (QED) is 0.697. The second-order valence-electron chi connectivity index (χ2n) is 8.10. The van der Waals surface area contributed by atoms with E-state index in [4.69, 9.17) is 4.74 Å². The van der Waals surface area contributed by atoms with Gasteiger partial charge in [-0.3, -0.25) is 9.59 Å². The number of aryl methyl sites for hydroxylation is 1. The molecule has 6 heteroatoms. The highest BCUT2D eigenvalue weighted by molar-refractivity contribution is 7.07. The summed E-state index contributed by atoms with van der Waals surface area (Å²) in [4.78, 5) is 29.0. The Morgan fingerprint density at radius 1 is 1.21 bits per heavy atom. The molecule has 0 radical (unpaired) electrons. The van der Waals surface area contributed by atoms with E-state index in [0.717, 1.165) is 17.9 Å². The van der Waals surface area contributed by atoms with Gasteiger partial charge >= 0.3 is 5.97 Å². The van der Waals surface area contributed by atoms with Crippen LogP contribution >= 0.6 is 11.3 Å². The number of carbonyl (C=O) groups is 2. The molecule has 0 spiro atoms. The molecule has 1 heterocycles. The van der Waals surface area contributed by atoms with Gasteiger partial charge in [0, 0.05) is 24.5 Å². The molecule has 2 aromatic rings. The Labute approximate surface area is 169 Å². The summed E-state index contributed by atoms with van der Waals surface area (Å²) >= 11 is 1.40. The largest absolute Gasteiger partial charge is 0.455 e. The van der Waals surface area contributed by atoms with Gasteiger partial charge in [-0.05, 0) is 49.5 Å². The zero-order valence-electron chi connectivity index (χ0n) is 16.2. The van der Waals surface area contributed by atoms with Crippen LogP contribution in [0.5, 0.6) is 0 Å². The number of fused-ring (bicyclic) bond motifs is 2. The lowest BCUT2D eigenvalue weighted by Gasteiger charge is -2.20. The summed E-state index contributed by atoms with van der Waals surface area (Å²) in [6.07, 6.45) is 7.34. The van der Waals surface area contributed by atoms with E-state index in [1.807, 2.05) is 16.1 Å². The Balaban J connectivity index is 1.30. The summed E-state index contributed by atoms with van der Waals surface area (Å²) in [7, 11) is 0. The van der Waals surface area contributed by atoms with Gasteiger partial charge in [0.25, 0.3) is 5.91 Å². The third-order valence-corrected chi connectivity index (χ3v) is 6.82. The highest BCUT2D eigenvalue weighted by Gasteiger charge is 2.40.